The van der Waals surface area contributed by atoms with Gasteiger partial charge in [-0.15, -0.1) is 0 Å². The molecule has 20 heavy (non-hydrogen) atoms. The third kappa shape index (κ3) is 8.79. The van der Waals surface area contributed by atoms with Gasteiger partial charge in [0.15, 0.2) is 0 Å². The molecule has 2 amide bonds. The normalized spacial score (nSPS) is 13.7. The molecule has 1 N–H and O–H groups in total. The first-order valence-electron chi connectivity index (χ1n) is 7.00. The molecule has 1 aliphatic rings. The largest absolute Gasteiger partial charge is 0.378 e. The molecule has 6 heteroatoms. The number of hydrogen-bond donors (Lipinski definition) is 1. The summed E-state index contributed by atoms with van der Waals surface area (Å²) >= 11 is 0. The maximum Gasteiger partial charge on any atom is 0.253 e. The van der Waals surface area contributed by atoms with E-state index in [0.29, 0.717) is 33.0 Å². The van der Waals surface area contributed by atoms with Crippen molar-refractivity contribution in [2.24, 2.45) is 0 Å². The van der Waals surface area contributed by atoms with Gasteiger partial charge in [0.05, 0.1) is 33.0 Å². The maximum absolute atomic E-state index is 11.2. The number of rotatable bonds is 9. The monoisotopic (exact) mass is 288 g/mol. The van der Waals surface area contributed by atoms with Crippen molar-refractivity contribution in [2.75, 3.05) is 46.6 Å². The second-order valence-electron chi connectivity index (χ2n) is 4.20. The SMILES string of the molecule is CCC.CNCCOCCOCCN1C(=O)C=CC1=O.[HH]. The molecule has 0 aromatic heterocycles. The quantitative estimate of drug-likeness (QED) is 0.503. The Hall–Kier alpha value is -1.24. The molecule has 0 atom stereocenters. The highest BCUT2D eigenvalue weighted by Crippen LogP contribution is 2.02. The summed E-state index contributed by atoms with van der Waals surface area (Å²) in [7, 11) is 1.86. The summed E-state index contributed by atoms with van der Waals surface area (Å²) in [5, 5.41) is 2.96. The number of hydrogen-bond acceptors (Lipinski definition) is 5. The molecule has 6 nitrogen and oxygen atoms in total. The van der Waals surface area contributed by atoms with Gasteiger partial charge in [0.2, 0.25) is 0 Å². The summed E-state index contributed by atoms with van der Waals surface area (Å²) in [6, 6.07) is 0. The Labute approximate surface area is 122 Å². The van der Waals surface area contributed by atoms with Gasteiger partial charge in [-0.2, -0.15) is 0 Å². The Balaban J connectivity index is 0. The highest BCUT2D eigenvalue weighted by atomic mass is 16.5. The summed E-state index contributed by atoms with van der Waals surface area (Å²) in [4.78, 5) is 23.5. The Morgan fingerprint density at radius 3 is 2.05 bits per heavy atom. The van der Waals surface area contributed by atoms with E-state index in [4.69, 9.17) is 9.47 Å². The summed E-state index contributed by atoms with van der Waals surface area (Å²) in [6.45, 7) is 7.32. The van der Waals surface area contributed by atoms with E-state index in [9.17, 15) is 9.59 Å². The highest BCUT2D eigenvalue weighted by Gasteiger charge is 2.22. The van der Waals surface area contributed by atoms with E-state index >= 15 is 0 Å². The van der Waals surface area contributed by atoms with Gasteiger partial charge in [-0.25, -0.2) is 0 Å². The molecule has 0 saturated carbocycles. The smallest absolute Gasteiger partial charge is 0.253 e. The summed E-state index contributed by atoms with van der Waals surface area (Å²) < 4.78 is 10.5. The van der Waals surface area contributed by atoms with Crippen LogP contribution in [-0.2, 0) is 19.1 Å². The van der Waals surface area contributed by atoms with Crippen molar-refractivity contribution in [3.05, 3.63) is 12.2 Å². The Kier molecular flexibility index (Phi) is 12.0. The van der Waals surface area contributed by atoms with Gasteiger partial charge in [0, 0.05) is 20.1 Å². The van der Waals surface area contributed by atoms with Gasteiger partial charge in [-0.3, -0.25) is 14.5 Å². The van der Waals surface area contributed by atoms with Gasteiger partial charge in [0.25, 0.3) is 11.8 Å². The van der Waals surface area contributed by atoms with Gasteiger partial charge in [-0.05, 0) is 7.05 Å². The van der Waals surface area contributed by atoms with Gasteiger partial charge < -0.3 is 14.8 Å². The van der Waals surface area contributed by atoms with Crippen molar-refractivity contribution in [1.29, 1.82) is 0 Å². The fourth-order valence-electron chi connectivity index (χ4n) is 1.30. The molecule has 0 spiro atoms. The zero-order valence-electron chi connectivity index (χ0n) is 12.7. The first kappa shape index (κ1) is 18.8. The third-order valence-electron chi connectivity index (χ3n) is 2.23. The van der Waals surface area contributed by atoms with Gasteiger partial charge in [0.1, 0.15) is 0 Å². The minimum absolute atomic E-state index is 0. The molecule has 0 aliphatic carbocycles. The van der Waals surface area contributed by atoms with Crippen molar-refractivity contribution in [3.8, 4) is 0 Å². The average molecular weight is 288 g/mol. The minimum atomic E-state index is -0.274. The minimum Gasteiger partial charge on any atom is -0.378 e. The maximum atomic E-state index is 11.2. The molecule has 0 aromatic rings. The van der Waals surface area contributed by atoms with Crippen LogP contribution in [0.3, 0.4) is 0 Å². The lowest BCUT2D eigenvalue weighted by Gasteiger charge is -2.13. The van der Waals surface area contributed by atoms with E-state index < -0.39 is 0 Å². The van der Waals surface area contributed by atoms with E-state index in [2.05, 4.69) is 19.2 Å². The number of nitrogens with zero attached hydrogens (tertiary/aromatic N) is 1. The van der Waals surface area contributed by atoms with E-state index in [0.717, 1.165) is 11.4 Å². The predicted molar refractivity (Wildman–Crippen MR) is 79.5 cm³/mol. The Bertz CT molecular complexity index is 293. The van der Waals surface area contributed by atoms with Crippen molar-refractivity contribution in [3.63, 3.8) is 0 Å². The van der Waals surface area contributed by atoms with Crippen LogP contribution in [0.2, 0.25) is 0 Å². The fourth-order valence-corrected chi connectivity index (χ4v) is 1.30. The van der Waals surface area contributed by atoms with Gasteiger partial charge >= 0.3 is 0 Å². The Morgan fingerprint density at radius 2 is 1.55 bits per heavy atom. The fraction of sp³-hybridized carbons (Fsp3) is 0.714. The van der Waals surface area contributed by atoms with Crippen molar-refractivity contribution >= 4 is 11.8 Å². The van der Waals surface area contributed by atoms with Crippen LogP contribution in [-0.4, -0.2) is 63.3 Å². The van der Waals surface area contributed by atoms with Crippen LogP contribution in [0.1, 0.15) is 21.7 Å². The van der Waals surface area contributed by atoms with Gasteiger partial charge in [-0.1, -0.05) is 20.3 Å². The molecule has 1 rings (SSSR count). The molecular formula is C14H28N2O4. The van der Waals surface area contributed by atoms with E-state index in [-0.39, 0.29) is 13.2 Å². The highest BCUT2D eigenvalue weighted by molar-refractivity contribution is 6.12. The third-order valence-corrected chi connectivity index (χ3v) is 2.23. The second kappa shape index (κ2) is 12.8. The van der Waals surface area contributed by atoms with Crippen LogP contribution in [0.5, 0.6) is 0 Å². The molecule has 0 fully saturated rings. The average Bonchev–Trinajstić information content (AvgIpc) is 2.74. The molecule has 118 valence electrons. The van der Waals surface area contributed by atoms with E-state index in [1.165, 1.54) is 18.6 Å². The zero-order chi connectivity index (χ0) is 15.2. The molecule has 1 heterocycles. The lowest BCUT2D eigenvalue weighted by atomic mass is 10.5. The number of nitrogens with one attached hydrogen (secondary N) is 1. The number of imide groups is 1. The van der Waals surface area contributed by atoms with Crippen LogP contribution >= 0.6 is 0 Å². The first-order valence-corrected chi connectivity index (χ1v) is 7.00. The van der Waals surface area contributed by atoms with Crippen LogP contribution in [0.15, 0.2) is 12.2 Å². The molecule has 0 aromatic carbocycles. The molecule has 0 saturated heterocycles. The summed E-state index contributed by atoms with van der Waals surface area (Å²) in [5.74, 6) is -0.548. The number of likely N-dealkylation sites (N-methyl/N-ethyl adjacent to an activating group) is 1. The number of carbonyl (C=O) groups excluding carboxylic acids is 2. The van der Waals surface area contributed by atoms with Crippen LogP contribution < -0.4 is 5.32 Å². The van der Waals surface area contributed by atoms with E-state index in [1.54, 1.807) is 0 Å². The molecule has 1 aliphatic heterocycles. The molecule has 0 radical (unpaired) electrons. The first-order chi connectivity index (χ1) is 9.67. The van der Waals surface area contributed by atoms with Crippen LogP contribution in [0.4, 0.5) is 0 Å². The predicted octanol–water partition coefficient (Wildman–Crippen LogP) is 0.826. The van der Waals surface area contributed by atoms with Crippen molar-refractivity contribution in [2.45, 2.75) is 20.3 Å². The number of amides is 2. The Morgan fingerprint density at radius 1 is 1.05 bits per heavy atom. The number of carbonyl (C=O) groups is 2. The zero-order valence-corrected chi connectivity index (χ0v) is 12.7. The van der Waals surface area contributed by atoms with Crippen LogP contribution in [0, 0.1) is 0 Å². The van der Waals surface area contributed by atoms with Crippen molar-refractivity contribution < 1.29 is 20.5 Å². The van der Waals surface area contributed by atoms with E-state index in [1.807, 2.05) is 7.05 Å². The topological polar surface area (TPSA) is 67.9 Å². The lowest BCUT2D eigenvalue weighted by Crippen LogP contribution is -2.33. The second-order valence-corrected chi connectivity index (χ2v) is 4.20. The molecule has 0 bridgehead atoms. The molecular weight excluding hydrogens is 260 g/mol. The standard InChI is InChI=1S/C11H18N2O4.C3H8.H2/c1-12-4-6-16-8-9-17-7-5-13-10(14)2-3-11(13)15;1-3-2;/h2-3,12H,4-9H2,1H3;3H2,1-2H3;1H. The molecule has 0 unspecified atom stereocenters. The lowest BCUT2D eigenvalue weighted by molar-refractivity contribution is -0.137. The van der Waals surface area contributed by atoms with Crippen LogP contribution in [0.25, 0.3) is 0 Å². The van der Waals surface area contributed by atoms with Crippen molar-refractivity contribution in [1.82, 2.24) is 10.2 Å². The summed E-state index contributed by atoms with van der Waals surface area (Å²) in [5.41, 5.74) is 0. The summed E-state index contributed by atoms with van der Waals surface area (Å²) in [6.07, 6.45) is 3.78. The number of ether oxygens (including phenoxy) is 2.